The van der Waals surface area contributed by atoms with E-state index in [0.717, 1.165) is 44.7 Å². The van der Waals surface area contributed by atoms with E-state index < -0.39 is 5.60 Å². The van der Waals surface area contributed by atoms with Gasteiger partial charge >= 0.3 is 0 Å². The molecule has 94 valence electrons. The van der Waals surface area contributed by atoms with E-state index >= 15 is 0 Å². The summed E-state index contributed by atoms with van der Waals surface area (Å²) in [7, 11) is 0. The van der Waals surface area contributed by atoms with Crippen molar-refractivity contribution < 1.29 is 10.2 Å². The van der Waals surface area contributed by atoms with Crippen LogP contribution in [0.5, 0.6) is 0 Å². The molecule has 0 bridgehead atoms. The molecular formula is C13H25NO2. The number of hydrogen-bond acceptors (Lipinski definition) is 3. The molecule has 3 heteroatoms. The first kappa shape index (κ1) is 12.3. The van der Waals surface area contributed by atoms with Crippen molar-refractivity contribution in [3.8, 4) is 0 Å². The average molecular weight is 227 g/mol. The summed E-state index contributed by atoms with van der Waals surface area (Å²) in [4.78, 5) is 0. The van der Waals surface area contributed by atoms with Gasteiger partial charge in [-0.05, 0) is 25.2 Å². The van der Waals surface area contributed by atoms with E-state index in [4.69, 9.17) is 0 Å². The van der Waals surface area contributed by atoms with Gasteiger partial charge in [-0.2, -0.15) is 0 Å². The minimum atomic E-state index is -0.628. The quantitative estimate of drug-likeness (QED) is 0.637. The summed E-state index contributed by atoms with van der Waals surface area (Å²) in [5.41, 5.74) is -0.882. The van der Waals surface area contributed by atoms with Crippen LogP contribution in [-0.2, 0) is 0 Å². The van der Waals surface area contributed by atoms with Crippen LogP contribution in [-0.4, -0.2) is 35.5 Å². The van der Waals surface area contributed by atoms with E-state index in [0.29, 0.717) is 0 Å². The third-order valence-corrected chi connectivity index (χ3v) is 4.96. The van der Waals surface area contributed by atoms with Gasteiger partial charge in [0, 0.05) is 18.5 Å². The van der Waals surface area contributed by atoms with Gasteiger partial charge in [-0.15, -0.1) is 0 Å². The predicted molar refractivity (Wildman–Crippen MR) is 64.2 cm³/mol. The number of hydrogen-bond donors (Lipinski definition) is 3. The minimum absolute atomic E-state index is 0.118. The maximum atomic E-state index is 10.8. The maximum absolute atomic E-state index is 10.8. The Hall–Kier alpha value is -0.120. The Morgan fingerprint density at radius 2 is 2.00 bits per heavy atom. The lowest BCUT2D eigenvalue weighted by molar-refractivity contribution is -0.144. The van der Waals surface area contributed by atoms with E-state index in [1.165, 1.54) is 12.8 Å². The van der Waals surface area contributed by atoms with Crippen molar-refractivity contribution in [2.24, 2.45) is 11.3 Å². The first-order valence-corrected chi connectivity index (χ1v) is 6.70. The number of rotatable bonds is 3. The molecule has 2 rings (SSSR count). The monoisotopic (exact) mass is 227 g/mol. The zero-order chi connectivity index (χ0) is 11.6. The van der Waals surface area contributed by atoms with E-state index in [9.17, 15) is 10.2 Å². The Balaban J connectivity index is 2.06. The van der Waals surface area contributed by atoms with Crippen LogP contribution < -0.4 is 5.32 Å². The van der Waals surface area contributed by atoms with Gasteiger partial charge in [0.2, 0.25) is 0 Å². The van der Waals surface area contributed by atoms with Crippen LogP contribution in [0.15, 0.2) is 0 Å². The summed E-state index contributed by atoms with van der Waals surface area (Å²) in [6.45, 7) is 3.91. The van der Waals surface area contributed by atoms with Crippen LogP contribution >= 0.6 is 0 Å². The van der Waals surface area contributed by atoms with Crippen LogP contribution in [0.1, 0.15) is 45.4 Å². The second-order valence-corrected chi connectivity index (χ2v) is 5.78. The molecule has 2 aliphatic rings. The Labute approximate surface area is 98.2 Å². The molecule has 2 unspecified atom stereocenters. The summed E-state index contributed by atoms with van der Waals surface area (Å²) >= 11 is 0. The zero-order valence-electron chi connectivity index (χ0n) is 10.3. The standard InChI is InChI=1S/C13H25NO2/c1-2-11-4-3-6-13(16,7-5-11)12(10-15)8-14-9-12/h11,14-16H,2-10H2,1H3. The first-order chi connectivity index (χ1) is 7.66. The normalized spacial score (nSPS) is 38.8. The highest BCUT2D eigenvalue weighted by atomic mass is 16.3. The molecule has 2 fully saturated rings. The molecule has 1 heterocycles. The lowest BCUT2D eigenvalue weighted by atomic mass is 9.64. The Bertz CT molecular complexity index is 235. The molecule has 0 aromatic heterocycles. The van der Waals surface area contributed by atoms with E-state index in [2.05, 4.69) is 12.2 Å². The van der Waals surface area contributed by atoms with Gasteiger partial charge in [0.25, 0.3) is 0 Å². The van der Waals surface area contributed by atoms with E-state index in [1.807, 2.05) is 0 Å². The summed E-state index contributed by atoms with van der Waals surface area (Å²) < 4.78 is 0. The fourth-order valence-electron chi connectivity index (χ4n) is 3.35. The maximum Gasteiger partial charge on any atom is 0.0750 e. The average Bonchev–Trinajstić information content (AvgIpc) is 2.40. The number of nitrogens with one attached hydrogen (secondary N) is 1. The van der Waals surface area contributed by atoms with Crippen molar-refractivity contribution in [2.45, 2.75) is 51.0 Å². The fourth-order valence-corrected chi connectivity index (χ4v) is 3.35. The molecule has 0 aromatic rings. The molecule has 3 N–H and O–H groups in total. The van der Waals surface area contributed by atoms with Crippen molar-refractivity contribution in [2.75, 3.05) is 19.7 Å². The van der Waals surface area contributed by atoms with Crippen molar-refractivity contribution in [3.05, 3.63) is 0 Å². The minimum Gasteiger partial charge on any atom is -0.396 e. The van der Waals surface area contributed by atoms with Gasteiger partial charge in [0.1, 0.15) is 0 Å². The number of aliphatic hydroxyl groups excluding tert-OH is 1. The van der Waals surface area contributed by atoms with Crippen LogP contribution in [0.2, 0.25) is 0 Å². The zero-order valence-corrected chi connectivity index (χ0v) is 10.3. The lowest BCUT2D eigenvalue weighted by Crippen LogP contribution is -2.67. The van der Waals surface area contributed by atoms with E-state index in [1.54, 1.807) is 0 Å². The molecular weight excluding hydrogens is 202 g/mol. The molecule has 0 amide bonds. The van der Waals surface area contributed by atoms with Gasteiger partial charge in [-0.3, -0.25) is 0 Å². The van der Waals surface area contributed by atoms with Gasteiger partial charge in [-0.1, -0.05) is 26.2 Å². The van der Waals surface area contributed by atoms with Crippen molar-refractivity contribution in [1.82, 2.24) is 5.32 Å². The predicted octanol–water partition coefficient (Wildman–Crippen LogP) is 1.29. The highest BCUT2D eigenvalue weighted by Gasteiger charge is 2.53. The molecule has 0 spiro atoms. The smallest absolute Gasteiger partial charge is 0.0750 e. The first-order valence-electron chi connectivity index (χ1n) is 6.70. The van der Waals surface area contributed by atoms with Crippen molar-refractivity contribution >= 4 is 0 Å². The Morgan fingerprint density at radius 3 is 2.50 bits per heavy atom. The molecule has 1 saturated carbocycles. The third kappa shape index (κ3) is 1.89. The van der Waals surface area contributed by atoms with Gasteiger partial charge in [0.15, 0.2) is 0 Å². The molecule has 0 aromatic carbocycles. The third-order valence-electron chi connectivity index (χ3n) is 4.96. The second-order valence-electron chi connectivity index (χ2n) is 5.78. The Kier molecular flexibility index (Phi) is 3.57. The summed E-state index contributed by atoms with van der Waals surface area (Å²) in [5.74, 6) is 0.776. The molecule has 0 radical (unpaired) electrons. The molecule has 2 atom stereocenters. The SMILES string of the molecule is CCC1CCCC(O)(C2(CO)CNC2)CC1. The summed E-state index contributed by atoms with van der Waals surface area (Å²) in [5, 5.41) is 23.6. The van der Waals surface area contributed by atoms with Crippen LogP contribution in [0.4, 0.5) is 0 Å². The van der Waals surface area contributed by atoms with Crippen molar-refractivity contribution in [1.29, 1.82) is 0 Å². The number of aliphatic hydroxyl groups is 2. The largest absolute Gasteiger partial charge is 0.396 e. The lowest BCUT2D eigenvalue weighted by Gasteiger charge is -2.52. The van der Waals surface area contributed by atoms with Gasteiger partial charge in [-0.25, -0.2) is 0 Å². The highest BCUT2D eigenvalue weighted by Crippen LogP contribution is 2.45. The Morgan fingerprint density at radius 1 is 1.25 bits per heavy atom. The van der Waals surface area contributed by atoms with Crippen LogP contribution in [0.25, 0.3) is 0 Å². The highest BCUT2D eigenvalue weighted by molar-refractivity contribution is 5.07. The van der Waals surface area contributed by atoms with Crippen molar-refractivity contribution in [3.63, 3.8) is 0 Å². The van der Waals surface area contributed by atoms with Crippen LogP contribution in [0, 0.1) is 11.3 Å². The van der Waals surface area contributed by atoms with E-state index in [-0.39, 0.29) is 12.0 Å². The summed E-state index contributed by atoms with van der Waals surface area (Å²) in [6, 6.07) is 0. The second kappa shape index (κ2) is 4.63. The topological polar surface area (TPSA) is 52.5 Å². The van der Waals surface area contributed by atoms with Crippen LogP contribution in [0.3, 0.4) is 0 Å². The molecule has 1 aliphatic carbocycles. The molecule has 1 aliphatic heterocycles. The molecule has 3 nitrogen and oxygen atoms in total. The van der Waals surface area contributed by atoms with Gasteiger partial charge in [0.05, 0.1) is 12.2 Å². The van der Waals surface area contributed by atoms with Gasteiger partial charge < -0.3 is 15.5 Å². The molecule has 1 saturated heterocycles. The summed E-state index contributed by atoms with van der Waals surface area (Å²) in [6.07, 6.45) is 6.43. The fraction of sp³-hybridized carbons (Fsp3) is 1.00. The molecule has 16 heavy (non-hydrogen) atoms.